The average Bonchev–Trinajstić information content (AvgIpc) is 3.30. The van der Waals surface area contributed by atoms with Crippen LogP contribution in [0.2, 0.25) is 5.02 Å². The molecule has 9 heteroatoms. The molecule has 3 aliphatic rings. The Bertz CT molecular complexity index is 1260. The van der Waals surface area contributed by atoms with Crippen molar-refractivity contribution in [1.29, 1.82) is 0 Å². The van der Waals surface area contributed by atoms with Crippen LogP contribution >= 0.6 is 23.4 Å². The summed E-state index contributed by atoms with van der Waals surface area (Å²) in [5, 5.41) is 0.427. The lowest BCUT2D eigenvalue weighted by atomic mass is 10.1. The van der Waals surface area contributed by atoms with Gasteiger partial charge in [-0.05, 0) is 47.1 Å². The Hall–Kier alpha value is -3.12. The van der Waals surface area contributed by atoms with E-state index in [4.69, 9.17) is 16.3 Å². The summed E-state index contributed by atoms with van der Waals surface area (Å²) in [6.45, 7) is 2.64. The van der Waals surface area contributed by atoms with Crippen molar-refractivity contribution in [2.24, 2.45) is 4.99 Å². The van der Waals surface area contributed by atoms with E-state index >= 15 is 0 Å². The first-order valence-electron chi connectivity index (χ1n) is 10.5. The number of carbonyl (C=O) groups excluding carboxylic acids is 2. The summed E-state index contributed by atoms with van der Waals surface area (Å²) in [4.78, 5) is 33.7. The summed E-state index contributed by atoms with van der Waals surface area (Å²) in [7, 11) is 1.63. The number of amidine groups is 2. The van der Waals surface area contributed by atoms with Crippen molar-refractivity contribution >= 4 is 52.0 Å². The van der Waals surface area contributed by atoms with Gasteiger partial charge < -0.3 is 4.74 Å². The summed E-state index contributed by atoms with van der Waals surface area (Å²) in [5.41, 5.74) is 1.92. The molecular formula is C24H20ClN4O3S+. The van der Waals surface area contributed by atoms with E-state index in [-0.39, 0.29) is 10.9 Å². The van der Waals surface area contributed by atoms with Crippen molar-refractivity contribution in [3.63, 3.8) is 0 Å². The highest BCUT2D eigenvalue weighted by Crippen LogP contribution is 2.36. The average molecular weight is 480 g/mol. The van der Waals surface area contributed by atoms with Gasteiger partial charge in [0.25, 0.3) is 11.7 Å². The smallest absolute Gasteiger partial charge is 0.358 e. The number of halogens is 1. The highest BCUT2D eigenvalue weighted by Gasteiger charge is 2.52. The van der Waals surface area contributed by atoms with Crippen LogP contribution in [0.5, 0.6) is 0 Å². The second-order valence-electron chi connectivity index (χ2n) is 7.65. The first-order chi connectivity index (χ1) is 16.0. The molecule has 2 aromatic rings. The van der Waals surface area contributed by atoms with E-state index in [0.717, 1.165) is 15.6 Å². The molecule has 0 radical (unpaired) electrons. The second kappa shape index (κ2) is 9.02. The molecule has 1 unspecified atom stereocenters. The number of nitrogens with zero attached hydrogens (tertiary/aromatic N) is 4. The first kappa shape index (κ1) is 21.7. The maximum absolute atomic E-state index is 13.4. The lowest BCUT2D eigenvalue weighted by Crippen LogP contribution is -2.59. The number of urea groups is 1. The maximum atomic E-state index is 13.4. The number of anilines is 1. The van der Waals surface area contributed by atoms with Crippen LogP contribution in [-0.2, 0) is 9.53 Å². The molecule has 0 spiro atoms. The van der Waals surface area contributed by atoms with E-state index in [1.54, 1.807) is 25.2 Å². The quantitative estimate of drug-likeness (QED) is 0.466. The molecule has 3 amide bonds. The number of hydrogen-bond acceptors (Lipinski definition) is 4. The molecule has 3 heterocycles. The van der Waals surface area contributed by atoms with Gasteiger partial charge in [0.15, 0.2) is 5.25 Å². The molecule has 0 N–H and O–H groups in total. The molecule has 3 aliphatic heterocycles. The van der Waals surface area contributed by atoms with Gasteiger partial charge in [0.05, 0.1) is 23.9 Å². The number of amides is 3. The molecular weight excluding hydrogens is 460 g/mol. The number of morpholine rings is 1. The lowest BCUT2D eigenvalue weighted by Gasteiger charge is -2.32. The number of imide groups is 1. The highest BCUT2D eigenvalue weighted by molar-refractivity contribution is 8.15. The Morgan fingerprint density at radius 1 is 1.09 bits per heavy atom. The third-order valence-corrected chi connectivity index (χ3v) is 7.04. The predicted molar refractivity (Wildman–Crippen MR) is 129 cm³/mol. The third kappa shape index (κ3) is 4.15. The van der Waals surface area contributed by atoms with Crippen molar-refractivity contribution in [2.45, 2.75) is 5.25 Å². The minimum Gasteiger partial charge on any atom is -0.373 e. The van der Waals surface area contributed by atoms with E-state index in [0.29, 0.717) is 43.4 Å². The summed E-state index contributed by atoms with van der Waals surface area (Å²) in [6, 6.07) is 14.2. The summed E-state index contributed by atoms with van der Waals surface area (Å²) < 4.78 is 7.49. The van der Waals surface area contributed by atoms with Gasteiger partial charge in [-0.2, -0.15) is 0 Å². The second-order valence-corrected chi connectivity index (χ2v) is 9.13. The third-order valence-electron chi connectivity index (χ3n) is 5.53. The Morgan fingerprint density at radius 3 is 2.55 bits per heavy atom. The molecule has 166 valence electrons. The Kier molecular flexibility index (Phi) is 5.94. The molecule has 0 saturated carbocycles. The Labute approximate surface area is 200 Å². The van der Waals surface area contributed by atoms with Gasteiger partial charge >= 0.3 is 11.2 Å². The molecule has 5 rings (SSSR count). The lowest BCUT2D eigenvalue weighted by molar-refractivity contribution is -0.547. The number of thioether (sulfide) groups is 1. The van der Waals surface area contributed by atoms with Crippen molar-refractivity contribution in [3.8, 4) is 11.8 Å². The zero-order chi connectivity index (χ0) is 22.9. The van der Waals surface area contributed by atoms with Crippen LogP contribution in [0.1, 0.15) is 11.1 Å². The van der Waals surface area contributed by atoms with E-state index in [1.807, 2.05) is 30.3 Å². The summed E-state index contributed by atoms with van der Waals surface area (Å²) in [6.07, 6.45) is 0. The van der Waals surface area contributed by atoms with Crippen LogP contribution < -0.4 is 4.90 Å². The summed E-state index contributed by atoms with van der Waals surface area (Å²) >= 11 is 7.88. The van der Waals surface area contributed by atoms with Crippen LogP contribution in [0.3, 0.4) is 0 Å². The van der Waals surface area contributed by atoms with E-state index in [1.165, 1.54) is 16.7 Å². The van der Waals surface area contributed by atoms with Crippen LogP contribution in [0, 0.1) is 11.8 Å². The topological polar surface area (TPSA) is 65.2 Å². The van der Waals surface area contributed by atoms with Crippen LogP contribution in [0.15, 0.2) is 53.5 Å². The van der Waals surface area contributed by atoms with Gasteiger partial charge in [-0.15, -0.1) is 0 Å². The molecule has 7 nitrogen and oxygen atoms in total. The van der Waals surface area contributed by atoms with Gasteiger partial charge in [-0.1, -0.05) is 41.6 Å². The number of benzene rings is 2. The normalized spacial score (nSPS) is 20.4. The minimum absolute atomic E-state index is 0.283. The number of aliphatic imine (C=N–C) groups is 1. The zero-order valence-electron chi connectivity index (χ0n) is 17.8. The van der Waals surface area contributed by atoms with Gasteiger partial charge in [-0.3, -0.25) is 9.69 Å². The van der Waals surface area contributed by atoms with E-state index < -0.39 is 11.3 Å². The van der Waals surface area contributed by atoms with Gasteiger partial charge in [0.1, 0.15) is 13.1 Å². The van der Waals surface area contributed by atoms with Crippen LogP contribution in [-0.4, -0.2) is 71.0 Å². The number of fused-ring (bicyclic) bond motifs is 1. The Morgan fingerprint density at radius 2 is 1.82 bits per heavy atom. The fourth-order valence-electron chi connectivity index (χ4n) is 3.77. The predicted octanol–water partition coefficient (Wildman–Crippen LogP) is 3.05. The fraction of sp³-hybridized carbons (Fsp3) is 0.250. The molecule has 2 fully saturated rings. The van der Waals surface area contributed by atoms with E-state index in [9.17, 15) is 9.59 Å². The molecule has 1 atom stereocenters. The molecule has 33 heavy (non-hydrogen) atoms. The highest BCUT2D eigenvalue weighted by atomic mass is 35.5. The van der Waals surface area contributed by atoms with Crippen molar-refractivity contribution < 1.29 is 18.9 Å². The molecule has 0 aliphatic carbocycles. The molecule has 0 bridgehead atoms. The van der Waals surface area contributed by atoms with Crippen molar-refractivity contribution in [2.75, 3.05) is 38.3 Å². The van der Waals surface area contributed by atoms with Crippen molar-refractivity contribution in [3.05, 3.63) is 64.7 Å². The number of hydrogen-bond donors (Lipinski definition) is 0. The standard InChI is InChI=1S/C24H20ClN4O3S/c1-27-21-20(33-23(26-21)28-11-13-32-14-12-28)22(30)29(24(27)31)19-10-9-17(15-18(19)25)8-7-16-5-3-2-4-6-16/h2-6,9-10,15,20H,11-14H2,1H3/q+1. The summed E-state index contributed by atoms with van der Waals surface area (Å²) in [5.74, 6) is 6.25. The largest absolute Gasteiger partial charge is 0.373 e. The first-order valence-corrected chi connectivity index (χ1v) is 11.7. The van der Waals surface area contributed by atoms with Gasteiger partial charge in [-0.25, -0.2) is 14.3 Å². The monoisotopic (exact) mass is 479 g/mol. The SMILES string of the molecule is CN1C(=O)N(c2ccc(C#Cc3ccccc3)cc2Cl)C(=O)C2SC(=[N+]3CCOCC3)N=C21. The number of ether oxygens (including phenoxy) is 1. The molecule has 2 aromatic carbocycles. The number of carbonyl (C=O) groups is 2. The Balaban J connectivity index is 1.43. The van der Waals surface area contributed by atoms with Crippen molar-refractivity contribution in [1.82, 2.24) is 4.90 Å². The van der Waals surface area contributed by atoms with Gasteiger partial charge in [0.2, 0.25) is 0 Å². The van der Waals surface area contributed by atoms with Crippen LogP contribution in [0.4, 0.5) is 10.5 Å². The number of rotatable bonds is 1. The zero-order valence-corrected chi connectivity index (χ0v) is 19.4. The fourth-order valence-corrected chi connectivity index (χ4v) is 5.24. The molecule has 2 saturated heterocycles. The molecule has 0 aromatic heterocycles. The van der Waals surface area contributed by atoms with E-state index in [2.05, 4.69) is 21.4 Å². The maximum Gasteiger partial charge on any atom is 0.358 e. The van der Waals surface area contributed by atoms with Crippen LogP contribution in [0.25, 0.3) is 0 Å². The minimum atomic E-state index is -0.598. The van der Waals surface area contributed by atoms with Gasteiger partial charge in [0, 0.05) is 18.2 Å².